The first-order valence-corrected chi connectivity index (χ1v) is 20.0. The van der Waals surface area contributed by atoms with Crippen LogP contribution in [0.4, 0.5) is 0 Å². The van der Waals surface area contributed by atoms with Crippen LogP contribution in [0.15, 0.2) is 103 Å². The highest BCUT2D eigenvalue weighted by molar-refractivity contribution is 6.42. The molecule has 4 unspecified atom stereocenters. The molecule has 5 aromatic carbocycles. The minimum absolute atomic E-state index is 0.0338. The van der Waals surface area contributed by atoms with Crippen molar-refractivity contribution in [2.24, 2.45) is 0 Å². The summed E-state index contributed by atoms with van der Waals surface area (Å²) >= 11 is 12.2. The van der Waals surface area contributed by atoms with E-state index in [-0.39, 0.29) is 31.9 Å². The van der Waals surface area contributed by atoms with Crippen LogP contribution in [0.2, 0.25) is 10.0 Å². The van der Waals surface area contributed by atoms with Crippen LogP contribution in [0.3, 0.4) is 0 Å². The van der Waals surface area contributed by atoms with Crippen molar-refractivity contribution in [2.45, 2.75) is 63.1 Å². The van der Waals surface area contributed by atoms with Crippen LogP contribution in [0.1, 0.15) is 52.3 Å². The molecule has 0 spiro atoms. The number of rotatable bonds is 11. The number of carboxylic acids is 1. The van der Waals surface area contributed by atoms with E-state index in [4.69, 9.17) is 47.4 Å². The van der Waals surface area contributed by atoms with Crippen LogP contribution in [-0.2, 0) is 45.1 Å². The third-order valence-electron chi connectivity index (χ3n) is 10.8. The summed E-state index contributed by atoms with van der Waals surface area (Å²) in [6, 6.07) is 31.1. The molecular weight excluding hydrogens is 793 g/mol. The van der Waals surface area contributed by atoms with Crippen LogP contribution in [0.25, 0.3) is 11.1 Å². The fourth-order valence-electron chi connectivity index (χ4n) is 7.59. The Balaban J connectivity index is 0.957. The first-order chi connectivity index (χ1) is 28.6. The van der Waals surface area contributed by atoms with E-state index in [9.17, 15) is 19.5 Å². The van der Waals surface area contributed by atoms with E-state index in [0.717, 1.165) is 39.8 Å². The van der Waals surface area contributed by atoms with Crippen LogP contribution in [0.5, 0.6) is 17.2 Å². The number of fused-ring (bicyclic) bond motifs is 2. The molecule has 5 aromatic rings. The number of amides is 2. The van der Waals surface area contributed by atoms with E-state index < -0.39 is 36.2 Å². The lowest BCUT2D eigenvalue weighted by molar-refractivity contribution is -0.150. The average Bonchev–Trinajstić information content (AvgIpc) is 3.81. The Morgan fingerprint density at radius 2 is 1.59 bits per heavy atom. The fraction of sp³-hybridized carbons (Fsp3) is 0.261. The van der Waals surface area contributed by atoms with Gasteiger partial charge in [0.25, 0.3) is 5.91 Å². The van der Waals surface area contributed by atoms with Gasteiger partial charge in [0.15, 0.2) is 17.6 Å². The zero-order chi connectivity index (χ0) is 41.0. The number of hydrogen-bond donors (Lipinski definition) is 2. The first-order valence-electron chi connectivity index (χ1n) is 19.3. The van der Waals surface area contributed by atoms with Gasteiger partial charge in [0, 0.05) is 26.0 Å². The number of hydrogen-bond acceptors (Lipinski definition) is 8. The number of nitrogens with zero attached hydrogens (tertiary/aromatic N) is 2. The number of aliphatic carboxylic acids is 1. The third kappa shape index (κ3) is 9.00. The monoisotopic (exact) mass is 831 g/mol. The molecule has 8 rings (SSSR count). The summed E-state index contributed by atoms with van der Waals surface area (Å²) in [6.45, 7) is 1.13. The predicted octanol–water partition coefficient (Wildman–Crippen LogP) is 7.87. The van der Waals surface area contributed by atoms with Crippen LogP contribution in [0, 0.1) is 11.3 Å². The van der Waals surface area contributed by atoms with Crippen molar-refractivity contribution in [1.29, 1.82) is 5.26 Å². The molecule has 1 fully saturated rings. The molecule has 2 N–H and O–H groups in total. The van der Waals surface area contributed by atoms with Gasteiger partial charge in [0.2, 0.25) is 5.91 Å². The van der Waals surface area contributed by atoms with E-state index in [2.05, 4.69) is 11.4 Å². The molecule has 1 saturated heterocycles. The van der Waals surface area contributed by atoms with Gasteiger partial charge >= 0.3 is 5.97 Å². The molecule has 0 aromatic heterocycles. The van der Waals surface area contributed by atoms with Gasteiger partial charge in [-0.1, -0.05) is 77.8 Å². The maximum atomic E-state index is 14.1. The lowest BCUT2D eigenvalue weighted by Gasteiger charge is -2.38. The number of nitrogens with one attached hydrogen (secondary N) is 1. The third-order valence-corrected chi connectivity index (χ3v) is 11.6. The maximum absolute atomic E-state index is 14.1. The van der Waals surface area contributed by atoms with Gasteiger partial charge in [-0.05, 0) is 100 Å². The molecule has 59 heavy (non-hydrogen) atoms. The summed E-state index contributed by atoms with van der Waals surface area (Å²) in [5.74, 6) is -0.362. The van der Waals surface area contributed by atoms with E-state index in [1.807, 2.05) is 78.9 Å². The van der Waals surface area contributed by atoms with Gasteiger partial charge in [-0.3, -0.25) is 9.59 Å². The molecule has 4 atom stereocenters. The predicted molar refractivity (Wildman–Crippen MR) is 219 cm³/mol. The number of ether oxygens (including phenoxy) is 4. The topological polar surface area (TPSA) is 147 Å². The number of benzene rings is 5. The number of carbonyl (C=O) groups excluding carboxylic acids is 2. The molecule has 3 aliphatic rings. The average molecular weight is 833 g/mol. The van der Waals surface area contributed by atoms with Crippen molar-refractivity contribution >= 4 is 41.0 Å². The Bertz CT molecular complexity index is 2410. The number of carboxylic acid groups (broad SMARTS) is 1. The highest BCUT2D eigenvalue weighted by atomic mass is 35.5. The van der Waals surface area contributed by atoms with Crippen molar-refractivity contribution in [2.75, 3.05) is 13.2 Å². The van der Waals surface area contributed by atoms with Gasteiger partial charge in [-0.2, -0.15) is 5.26 Å². The second-order valence-corrected chi connectivity index (χ2v) is 15.6. The molecule has 0 bridgehead atoms. The van der Waals surface area contributed by atoms with E-state index >= 15 is 0 Å². The molecule has 3 aliphatic heterocycles. The molecule has 11 nitrogen and oxygen atoms in total. The normalized spacial score (nSPS) is 18.6. The fourth-order valence-corrected chi connectivity index (χ4v) is 7.91. The lowest BCUT2D eigenvalue weighted by atomic mass is 9.91. The Hall–Kier alpha value is -6.06. The summed E-state index contributed by atoms with van der Waals surface area (Å²) in [5, 5.41) is 23.0. The largest absolute Gasteiger partial charge is 0.489 e. The Morgan fingerprint density at radius 3 is 2.27 bits per heavy atom. The molecular formula is C46H39Cl2N3O8. The highest BCUT2D eigenvalue weighted by Crippen LogP contribution is 2.41. The zero-order valence-electron chi connectivity index (χ0n) is 31.7. The Kier molecular flexibility index (Phi) is 11.7. The van der Waals surface area contributed by atoms with Crippen LogP contribution < -0.4 is 19.5 Å². The lowest BCUT2D eigenvalue weighted by Crippen LogP contribution is -2.57. The van der Waals surface area contributed by atoms with E-state index in [1.54, 1.807) is 24.3 Å². The molecule has 3 heterocycles. The van der Waals surface area contributed by atoms with Crippen molar-refractivity contribution < 1.29 is 38.4 Å². The summed E-state index contributed by atoms with van der Waals surface area (Å²) in [7, 11) is 0. The molecule has 2 amide bonds. The van der Waals surface area contributed by atoms with Gasteiger partial charge in [-0.25, -0.2) is 4.79 Å². The Labute approximate surface area is 351 Å². The zero-order valence-corrected chi connectivity index (χ0v) is 33.2. The van der Waals surface area contributed by atoms with Crippen molar-refractivity contribution in [3.05, 3.63) is 147 Å². The number of nitriles is 1. The summed E-state index contributed by atoms with van der Waals surface area (Å²) in [6.07, 6.45) is 0.356. The van der Waals surface area contributed by atoms with Crippen molar-refractivity contribution in [3.63, 3.8) is 0 Å². The number of halogens is 2. The molecule has 300 valence electrons. The SMILES string of the molecule is N#Cc1ccc(-c2ccc(CC(NC(=O)C3Cc4cc5c(cc4CN3C(=O)C3CCCO3)OC(c3ccc(OCc4ccc(Cl)c(Cl)c4)cc3)CO5)C(=O)O)cc2)cc1. The molecule has 13 heteroatoms. The van der Waals surface area contributed by atoms with Gasteiger partial charge < -0.3 is 34.3 Å². The second-order valence-electron chi connectivity index (χ2n) is 14.8. The van der Waals surface area contributed by atoms with Gasteiger partial charge in [-0.15, -0.1) is 0 Å². The van der Waals surface area contributed by atoms with Gasteiger partial charge in [0.1, 0.15) is 37.2 Å². The quantitative estimate of drug-likeness (QED) is 0.136. The van der Waals surface area contributed by atoms with Crippen LogP contribution in [-0.4, -0.2) is 59.2 Å². The molecule has 0 saturated carbocycles. The van der Waals surface area contributed by atoms with Crippen molar-refractivity contribution in [1.82, 2.24) is 10.2 Å². The van der Waals surface area contributed by atoms with Crippen molar-refractivity contribution in [3.8, 4) is 34.4 Å². The summed E-state index contributed by atoms with van der Waals surface area (Å²) < 4.78 is 24.3. The van der Waals surface area contributed by atoms with Gasteiger partial charge in [0.05, 0.1) is 21.7 Å². The Morgan fingerprint density at radius 1 is 0.881 bits per heavy atom. The second kappa shape index (κ2) is 17.4. The highest BCUT2D eigenvalue weighted by Gasteiger charge is 2.41. The summed E-state index contributed by atoms with van der Waals surface area (Å²) in [4.78, 5) is 42.0. The van der Waals surface area contributed by atoms with Crippen LogP contribution >= 0.6 is 23.2 Å². The smallest absolute Gasteiger partial charge is 0.326 e. The standard InChI is InChI=1S/C46H39Cl2N3O8/c47-36-16-7-29(18-37(36)48)25-57-35-14-12-32(13-15-35)43-26-58-41-21-33-20-39(51(24-34(33)22-42(41)59-43)45(53)40-2-1-17-56-40)44(52)50-38(46(54)55)19-27-3-8-30(9-4-27)31-10-5-28(23-49)6-11-31/h3-16,18,21-22,38-40,43H,1-2,17,19-20,24-26H2,(H,50,52)(H,54,55). The molecule has 0 aliphatic carbocycles. The maximum Gasteiger partial charge on any atom is 0.326 e. The van der Waals surface area contributed by atoms with E-state index in [0.29, 0.717) is 58.1 Å². The summed E-state index contributed by atoms with van der Waals surface area (Å²) in [5.41, 5.74) is 6.47. The minimum Gasteiger partial charge on any atom is -0.489 e. The number of carbonyl (C=O) groups is 3. The first kappa shape index (κ1) is 39.8. The molecule has 0 radical (unpaired) electrons. The minimum atomic E-state index is -1.25. The van der Waals surface area contributed by atoms with E-state index in [1.165, 1.54) is 4.90 Å².